The van der Waals surface area contributed by atoms with E-state index >= 15 is 0 Å². The first kappa shape index (κ1) is 13.3. The first-order chi connectivity index (χ1) is 7.03. The summed E-state index contributed by atoms with van der Waals surface area (Å²) in [6, 6.07) is 0.0838. The molecular formula is C10H21NO2S2. The fourth-order valence-corrected chi connectivity index (χ4v) is 4.07. The smallest absolute Gasteiger partial charge is 0.151 e. The molecule has 0 radical (unpaired) electrons. The second-order valence-corrected chi connectivity index (χ2v) is 7.79. The SMILES string of the molecule is CCS(=O)(=O)CC(C)NCC1CCSC1. The summed E-state index contributed by atoms with van der Waals surface area (Å²) in [5.41, 5.74) is 0. The van der Waals surface area contributed by atoms with E-state index in [1.54, 1.807) is 6.92 Å². The molecule has 0 amide bonds. The minimum Gasteiger partial charge on any atom is -0.313 e. The number of nitrogens with one attached hydrogen (secondary N) is 1. The van der Waals surface area contributed by atoms with Crippen LogP contribution < -0.4 is 5.32 Å². The minimum absolute atomic E-state index is 0.0838. The molecule has 2 unspecified atom stereocenters. The number of sulfone groups is 1. The lowest BCUT2D eigenvalue weighted by atomic mass is 10.1. The zero-order valence-corrected chi connectivity index (χ0v) is 11.2. The van der Waals surface area contributed by atoms with E-state index in [-0.39, 0.29) is 17.5 Å². The third-order valence-corrected chi connectivity index (χ3v) is 5.84. The van der Waals surface area contributed by atoms with Crippen molar-refractivity contribution in [3.05, 3.63) is 0 Å². The van der Waals surface area contributed by atoms with Crippen molar-refractivity contribution in [1.29, 1.82) is 0 Å². The molecule has 1 rings (SSSR count). The van der Waals surface area contributed by atoms with Gasteiger partial charge in [-0.1, -0.05) is 6.92 Å². The lowest BCUT2D eigenvalue weighted by Gasteiger charge is -2.16. The molecule has 1 heterocycles. The van der Waals surface area contributed by atoms with Crippen molar-refractivity contribution in [2.45, 2.75) is 26.3 Å². The van der Waals surface area contributed by atoms with Crippen LogP contribution in [0.4, 0.5) is 0 Å². The molecule has 1 fully saturated rings. The van der Waals surface area contributed by atoms with Gasteiger partial charge in [-0.2, -0.15) is 11.8 Å². The van der Waals surface area contributed by atoms with E-state index in [0.29, 0.717) is 0 Å². The van der Waals surface area contributed by atoms with Gasteiger partial charge in [-0.3, -0.25) is 0 Å². The summed E-state index contributed by atoms with van der Waals surface area (Å²) < 4.78 is 22.7. The van der Waals surface area contributed by atoms with Gasteiger partial charge >= 0.3 is 0 Å². The van der Waals surface area contributed by atoms with Gasteiger partial charge in [0.25, 0.3) is 0 Å². The molecule has 0 spiro atoms. The van der Waals surface area contributed by atoms with E-state index in [0.717, 1.165) is 12.5 Å². The van der Waals surface area contributed by atoms with Gasteiger partial charge in [0.2, 0.25) is 0 Å². The lowest BCUT2D eigenvalue weighted by Crippen LogP contribution is -2.36. The van der Waals surface area contributed by atoms with Crippen molar-refractivity contribution in [1.82, 2.24) is 5.32 Å². The third kappa shape index (κ3) is 5.22. The second-order valence-electron chi connectivity index (χ2n) is 4.24. The molecule has 1 saturated heterocycles. The predicted molar refractivity (Wildman–Crippen MR) is 67.2 cm³/mol. The third-order valence-electron chi connectivity index (χ3n) is 2.72. The summed E-state index contributed by atoms with van der Waals surface area (Å²) in [6.07, 6.45) is 1.27. The van der Waals surface area contributed by atoms with Crippen LogP contribution in [0.15, 0.2) is 0 Å². The van der Waals surface area contributed by atoms with E-state index < -0.39 is 9.84 Å². The predicted octanol–water partition coefficient (Wildman–Crippen LogP) is 1.15. The Bertz CT molecular complexity index is 271. The summed E-state index contributed by atoms with van der Waals surface area (Å²) in [6.45, 7) is 4.62. The van der Waals surface area contributed by atoms with E-state index in [2.05, 4.69) is 5.32 Å². The van der Waals surface area contributed by atoms with Crippen molar-refractivity contribution < 1.29 is 8.42 Å². The first-order valence-corrected chi connectivity index (χ1v) is 8.52. The number of rotatable bonds is 6. The Morgan fingerprint density at radius 3 is 2.80 bits per heavy atom. The highest BCUT2D eigenvalue weighted by Gasteiger charge is 2.18. The van der Waals surface area contributed by atoms with Crippen LogP contribution >= 0.6 is 11.8 Å². The Kier molecular flexibility index (Phi) is 5.43. The highest BCUT2D eigenvalue weighted by molar-refractivity contribution is 7.99. The van der Waals surface area contributed by atoms with Crippen LogP contribution in [0.1, 0.15) is 20.3 Å². The van der Waals surface area contributed by atoms with Gasteiger partial charge in [-0.15, -0.1) is 0 Å². The number of thioether (sulfide) groups is 1. The van der Waals surface area contributed by atoms with Gasteiger partial charge in [-0.05, 0) is 37.3 Å². The van der Waals surface area contributed by atoms with Crippen molar-refractivity contribution in [3.63, 3.8) is 0 Å². The largest absolute Gasteiger partial charge is 0.313 e. The fraction of sp³-hybridized carbons (Fsp3) is 1.00. The van der Waals surface area contributed by atoms with Crippen LogP contribution in [-0.4, -0.2) is 44.0 Å². The van der Waals surface area contributed by atoms with Crippen LogP contribution in [0.2, 0.25) is 0 Å². The second kappa shape index (κ2) is 6.11. The molecular weight excluding hydrogens is 230 g/mol. The quantitative estimate of drug-likeness (QED) is 0.769. The molecule has 0 aliphatic carbocycles. The molecule has 5 heteroatoms. The molecule has 2 atom stereocenters. The summed E-state index contributed by atoms with van der Waals surface area (Å²) >= 11 is 1.99. The molecule has 0 saturated carbocycles. The lowest BCUT2D eigenvalue weighted by molar-refractivity contribution is 0.482. The molecule has 1 N–H and O–H groups in total. The monoisotopic (exact) mass is 251 g/mol. The molecule has 0 aromatic rings. The van der Waals surface area contributed by atoms with Crippen molar-refractivity contribution in [2.75, 3.05) is 29.6 Å². The van der Waals surface area contributed by atoms with E-state index in [4.69, 9.17) is 0 Å². The first-order valence-electron chi connectivity index (χ1n) is 5.55. The van der Waals surface area contributed by atoms with Gasteiger partial charge in [-0.25, -0.2) is 8.42 Å². The fourth-order valence-electron chi connectivity index (χ4n) is 1.67. The maximum Gasteiger partial charge on any atom is 0.151 e. The topological polar surface area (TPSA) is 46.2 Å². The Labute approximate surface area is 97.3 Å². The van der Waals surface area contributed by atoms with E-state index in [1.807, 2.05) is 18.7 Å². The number of hydrogen-bond donors (Lipinski definition) is 1. The Hall–Kier alpha value is 0.260. The molecule has 3 nitrogen and oxygen atoms in total. The Morgan fingerprint density at radius 1 is 1.53 bits per heavy atom. The zero-order chi connectivity index (χ0) is 11.3. The van der Waals surface area contributed by atoms with E-state index in [9.17, 15) is 8.42 Å². The summed E-state index contributed by atoms with van der Waals surface area (Å²) in [5.74, 6) is 3.73. The van der Waals surface area contributed by atoms with Crippen LogP contribution in [0.3, 0.4) is 0 Å². The molecule has 1 aliphatic rings. The summed E-state index contributed by atoms with van der Waals surface area (Å²) in [7, 11) is -2.83. The van der Waals surface area contributed by atoms with Gasteiger partial charge in [0, 0.05) is 11.8 Å². The molecule has 90 valence electrons. The molecule has 15 heavy (non-hydrogen) atoms. The average molecular weight is 251 g/mol. The van der Waals surface area contributed by atoms with Crippen LogP contribution in [-0.2, 0) is 9.84 Å². The van der Waals surface area contributed by atoms with Crippen LogP contribution in [0.25, 0.3) is 0 Å². The standard InChI is InChI=1S/C10H21NO2S2/c1-3-15(12,13)8-9(2)11-6-10-4-5-14-7-10/h9-11H,3-8H2,1-2H3. The van der Waals surface area contributed by atoms with Gasteiger partial charge < -0.3 is 5.32 Å². The minimum atomic E-state index is -2.83. The van der Waals surface area contributed by atoms with E-state index in [1.165, 1.54) is 17.9 Å². The average Bonchev–Trinajstić information content (AvgIpc) is 2.66. The summed E-state index contributed by atoms with van der Waals surface area (Å²) in [5, 5.41) is 3.32. The van der Waals surface area contributed by atoms with Crippen molar-refractivity contribution >= 4 is 21.6 Å². The van der Waals surface area contributed by atoms with Crippen LogP contribution in [0.5, 0.6) is 0 Å². The number of hydrogen-bond acceptors (Lipinski definition) is 4. The van der Waals surface area contributed by atoms with Crippen molar-refractivity contribution in [2.24, 2.45) is 5.92 Å². The van der Waals surface area contributed by atoms with Crippen molar-refractivity contribution in [3.8, 4) is 0 Å². The van der Waals surface area contributed by atoms with Crippen LogP contribution in [0, 0.1) is 5.92 Å². The Balaban J connectivity index is 2.20. The molecule has 0 aromatic carbocycles. The van der Waals surface area contributed by atoms with Gasteiger partial charge in [0.15, 0.2) is 9.84 Å². The van der Waals surface area contributed by atoms with Gasteiger partial charge in [0.1, 0.15) is 0 Å². The molecule has 0 bridgehead atoms. The maximum absolute atomic E-state index is 11.4. The Morgan fingerprint density at radius 2 is 2.27 bits per heavy atom. The van der Waals surface area contributed by atoms with Gasteiger partial charge in [0.05, 0.1) is 5.75 Å². The normalized spacial score (nSPS) is 24.3. The highest BCUT2D eigenvalue weighted by atomic mass is 32.2. The zero-order valence-electron chi connectivity index (χ0n) is 9.53. The molecule has 1 aliphatic heterocycles. The maximum atomic E-state index is 11.4. The summed E-state index contributed by atoms with van der Waals surface area (Å²) in [4.78, 5) is 0. The highest BCUT2D eigenvalue weighted by Crippen LogP contribution is 2.22. The molecule has 0 aromatic heterocycles.